The summed E-state index contributed by atoms with van der Waals surface area (Å²) in [4.78, 5) is 23.4. The second-order valence-corrected chi connectivity index (χ2v) is 3.69. The summed E-state index contributed by atoms with van der Waals surface area (Å²) in [5, 5.41) is 2.25. The Balaban J connectivity index is 2.55. The average molecular weight is 247 g/mol. The Morgan fingerprint density at radius 2 is 2.00 bits per heavy atom. The molecular formula is C13H13NO4. The van der Waals surface area contributed by atoms with Crippen molar-refractivity contribution in [3.05, 3.63) is 35.6 Å². The number of hydrogen-bond donors (Lipinski definition) is 1. The van der Waals surface area contributed by atoms with E-state index >= 15 is 0 Å². The molecule has 5 nitrogen and oxygen atoms in total. The molecule has 2 amide bonds. The van der Waals surface area contributed by atoms with Crippen molar-refractivity contribution in [1.82, 2.24) is 5.32 Å². The van der Waals surface area contributed by atoms with Gasteiger partial charge in [-0.3, -0.25) is 14.9 Å². The van der Waals surface area contributed by atoms with Crippen molar-refractivity contribution >= 4 is 17.4 Å². The fourth-order valence-corrected chi connectivity index (χ4v) is 1.80. The Labute approximate surface area is 104 Å². The molecule has 0 aliphatic carbocycles. The molecular weight excluding hydrogens is 234 g/mol. The fourth-order valence-electron chi connectivity index (χ4n) is 1.80. The lowest BCUT2D eigenvalue weighted by Gasteiger charge is -2.18. The van der Waals surface area contributed by atoms with Gasteiger partial charge in [-0.2, -0.15) is 0 Å². The van der Waals surface area contributed by atoms with Crippen LogP contribution in [0.2, 0.25) is 0 Å². The summed E-state index contributed by atoms with van der Waals surface area (Å²) in [6.07, 6.45) is 1.32. The molecule has 0 unspecified atom stereocenters. The molecule has 0 bridgehead atoms. The van der Waals surface area contributed by atoms with Gasteiger partial charge >= 0.3 is 0 Å². The minimum Gasteiger partial charge on any atom is -0.504 e. The highest BCUT2D eigenvalue weighted by molar-refractivity contribution is 6.30. The molecule has 0 aromatic heterocycles. The molecule has 94 valence electrons. The van der Waals surface area contributed by atoms with Gasteiger partial charge in [-0.05, 0) is 25.1 Å². The maximum absolute atomic E-state index is 11.7. The number of carbonyl (C=O) groups is 2. The molecule has 18 heavy (non-hydrogen) atoms. The Kier molecular flexibility index (Phi) is 3.32. The second kappa shape index (κ2) is 4.91. The zero-order valence-electron chi connectivity index (χ0n) is 10.1. The van der Waals surface area contributed by atoms with E-state index in [0.29, 0.717) is 29.1 Å². The monoisotopic (exact) mass is 247 g/mol. The molecule has 0 spiro atoms. The zero-order chi connectivity index (χ0) is 13.1. The van der Waals surface area contributed by atoms with Gasteiger partial charge in [0.25, 0.3) is 11.8 Å². The lowest BCUT2D eigenvalue weighted by atomic mass is 9.95. The van der Waals surface area contributed by atoms with Crippen molar-refractivity contribution < 1.29 is 19.1 Å². The summed E-state index contributed by atoms with van der Waals surface area (Å²) in [7, 11) is 1.45. The molecule has 5 heteroatoms. The first-order valence-electron chi connectivity index (χ1n) is 5.53. The van der Waals surface area contributed by atoms with Crippen molar-refractivity contribution in [2.75, 3.05) is 13.7 Å². The van der Waals surface area contributed by atoms with Crippen molar-refractivity contribution in [2.24, 2.45) is 0 Å². The number of rotatable bonds is 3. The topological polar surface area (TPSA) is 64.6 Å². The predicted molar refractivity (Wildman–Crippen MR) is 65.1 cm³/mol. The van der Waals surface area contributed by atoms with E-state index in [1.54, 1.807) is 18.2 Å². The number of fused-ring (bicyclic) bond motifs is 1. The van der Waals surface area contributed by atoms with E-state index in [4.69, 9.17) is 9.47 Å². The molecule has 0 radical (unpaired) electrons. The van der Waals surface area contributed by atoms with Gasteiger partial charge in [0.15, 0.2) is 0 Å². The number of imide groups is 1. The Bertz CT molecular complexity index is 534. The second-order valence-electron chi connectivity index (χ2n) is 3.69. The third-order valence-electron chi connectivity index (χ3n) is 2.54. The van der Waals surface area contributed by atoms with Gasteiger partial charge in [0.1, 0.15) is 5.75 Å². The Morgan fingerprint density at radius 3 is 2.67 bits per heavy atom. The number of nitrogens with one attached hydrogen (secondary N) is 1. The highest BCUT2D eigenvalue weighted by Gasteiger charge is 2.27. The lowest BCUT2D eigenvalue weighted by Crippen LogP contribution is -2.36. The van der Waals surface area contributed by atoms with Gasteiger partial charge in [0.05, 0.1) is 25.6 Å². The summed E-state index contributed by atoms with van der Waals surface area (Å²) < 4.78 is 10.2. The van der Waals surface area contributed by atoms with Crippen molar-refractivity contribution in [1.29, 1.82) is 0 Å². The standard InChI is InChI=1S/C13H13NO4/c1-3-18-8-4-5-9-10(6-8)11(7-17-2)13(16)14-12(9)15/h4-7H,3H2,1-2H3,(H,14,15,16)/b11-7-. The number of carbonyl (C=O) groups excluding carboxylic acids is 2. The van der Waals surface area contributed by atoms with Crippen LogP contribution in [-0.2, 0) is 9.53 Å². The van der Waals surface area contributed by atoms with E-state index < -0.39 is 11.8 Å². The Hall–Kier alpha value is -2.30. The van der Waals surface area contributed by atoms with E-state index in [9.17, 15) is 9.59 Å². The molecule has 1 heterocycles. The molecule has 0 saturated heterocycles. The van der Waals surface area contributed by atoms with E-state index in [1.807, 2.05) is 6.92 Å². The average Bonchev–Trinajstić information content (AvgIpc) is 2.34. The van der Waals surface area contributed by atoms with Gasteiger partial charge in [0.2, 0.25) is 0 Å². The van der Waals surface area contributed by atoms with Gasteiger partial charge < -0.3 is 9.47 Å². The third kappa shape index (κ3) is 2.07. The normalized spacial score (nSPS) is 16.2. The molecule has 1 aliphatic rings. The highest BCUT2D eigenvalue weighted by Crippen LogP contribution is 2.28. The quantitative estimate of drug-likeness (QED) is 0.497. The maximum atomic E-state index is 11.7. The molecule has 1 N–H and O–H groups in total. The Morgan fingerprint density at radius 1 is 1.22 bits per heavy atom. The first-order valence-corrected chi connectivity index (χ1v) is 5.53. The van der Waals surface area contributed by atoms with Gasteiger partial charge in [0, 0.05) is 11.1 Å². The van der Waals surface area contributed by atoms with E-state index in [-0.39, 0.29) is 0 Å². The summed E-state index contributed by atoms with van der Waals surface area (Å²) in [6, 6.07) is 4.99. The number of benzene rings is 1. The van der Waals surface area contributed by atoms with Gasteiger partial charge in [-0.25, -0.2) is 0 Å². The minimum absolute atomic E-state index is 0.314. The molecule has 1 aromatic rings. The molecule has 1 aromatic carbocycles. The smallest absolute Gasteiger partial charge is 0.261 e. The van der Waals surface area contributed by atoms with Crippen molar-refractivity contribution in [2.45, 2.75) is 6.92 Å². The molecule has 1 aliphatic heterocycles. The molecule has 2 rings (SSSR count). The summed E-state index contributed by atoms with van der Waals surface area (Å²) in [6.45, 7) is 2.38. The summed E-state index contributed by atoms with van der Waals surface area (Å²) in [5.74, 6) is -0.268. The van der Waals surface area contributed by atoms with Crippen LogP contribution >= 0.6 is 0 Å². The number of hydrogen-bond acceptors (Lipinski definition) is 4. The van der Waals surface area contributed by atoms with Gasteiger partial charge in [-0.15, -0.1) is 0 Å². The van der Waals surface area contributed by atoms with Crippen LogP contribution < -0.4 is 10.1 Å². The number of methoxy groups -OCH3 is 1. The van der Waals surface area contributed by atoms with Crippen LogP contribution in [0.4, 0.5) is 0 Å². The molecule has 0 atom stereocenters. The van der Waals surface area contributed by atoms with E-state index in [1.165, 1.54) is 13.4 Å². The minimum atomic E-state index is -0.469. The largest absolute Gasteiger partial charge is 0.504 e. The van der Waals surface area contributed by atoms with Crippen LogP contribution in [0.25, 0.3) is 5.57 Å². The maximum Gasteiger partial charge on any atom is 0.261 e. The SMILES string of the molecule is CCOc1ccc2c(c1)/C(=C/OC)C(=O)NC2=O. The number of amides is 2. The summed E-state index contributed by atoms with van der Waals surface area (Å²) >= 11 is 0. The van der Waals surface area contributed by atoms with Gasteiger partial charge in [-0.1, -0.05) is 0 Å². The predicted octanol–water partition coefficient (Wildman–Crippen LogP) is 1.34. The third-order valence-corrected chi connectivity index (χ3v) is 2.54. The van der Waals surface area contributed by atoms with Crippen LogP contribution in [0.3, 0.4) is 0 Å². The van der Waals surface area contributed by atoms with Crippen LogP contribution in [0.5, 0.6) is 5.75 Å². The van der Waals surface area contributed by atoms with Crippen molar-refractivity contribution in [3.8, 4) is 5.75 Å². The first kappa shape index (κ1) is 12.2. The first-order chi connectivity index (χ1) is 8.67. The fraction of sp³-hybridized carbons (Fsp3) is 0.231. The zero-order valence-corrected chi connectivity index (χ0v) is 10.1. The lowest BCUT2D eigenvalue weighted by molar-refractivity contribution is -0.114. The van der Waals surface area contributed by atoms with E-state index in [0.717, 1.165) is 0 Å². The molecule has 0 saturated carbocycles. The summed E-state index contributed by atoms with van der Waals surface area (Å²) in [5.41, 5.74) is 1.27. The number of ether oxygens (including phenoxy) is 2. The van der Waals surface area contributed by atoms with Crippen LogP contribution in [-0.4, -0.2) is 25.5 Å². The van der Waals surface area contributed by atoms with Crippen LogP contribution in [0.1, 0.15) is 22.8 Å². The highest BCUT2D eigenvalue weighted by atomic mass is 16.5. The van der Waals surface area contributed by atoms with Crippen LogP contribution in [0, 0.1) is 0 Å². The molecule has 0 fully saturated rings. The van der Waals surface area contributed by atoms with Crippen molar-refractivity contribution in [3.63, 3.8) is 0 Å². The van der Waals surface area contributed by atoms with E-state index in [2.05, 4.69) is 5.32 Å². The van der Waals surface area contributed by atoms with Crippen LogP contribution in [0.15, 0.2) is 24.5 Å².